The summed E-state index contributed by atoms with van der Waals surface area (Å²) in [5, 5.41) is 9.57. The zero-order valence-corrected chi connectivity index (χ0v) is 10.7. The number of aliphatic hydroxyl groups is 1. The van der Waals surface area contributed by atoms with Gasteiger partial charge in [-0.05, 0) is 32.0 Å². The van der Waals surface area contributed by atoms with Gasteiger partial charge in [0.15, 0.2) is 0 Å². The highest BCUT2D eigenvalue weighted by molar-refractivity contribution is 5.36. The predicted molar refractivity (Wildman–Crippen MR) is 67.0 cm³/mol. The van der Waals surface area contributed by atoms with Crippen LogP contribution in [-0.4, -0.2) is 31.0 Å². The molecule has 0 spiro atoms. The van der Waals surface area contributed by atoms with Crippen LogP contribution < -0.4 is 10.5 Å². The van der Waals surface area contributed by atoms with Gasteiger partial charge in [-0.1, -0.05) is 0 Å². The zero-order valence-electron chi connectivity index (χ0n) is 10.7. The van der Waals surface area contributed by atoms with E-state index in [1.807, 2.05) is 6.92 Å². The minimum atomic E-state index is -0.712. The lowest BCUT2D eigenvalue weighted by molar-refractivity contribution is 0.0162. The molecule has 102 valence electrons. The van der Waals surface area contributed by atoms with Crippen LogP contribution >= 0.6 is 0 Å². The molecule has 18 heavy (non-hydrogen) atoms. The van der Waals surface area contributed by atoms with Crippen LogP contribution in [0.1, 0.15) is 25.5 Å². The summed E-state index contributed by atoms with van der Waals surface area (Å²) < 4.78 is 23.6. The second kappa shape index (κ2) is 7.31. The van der Waals surface area contributed by atoms with E-state index in [1.165, 1.54) is 18.2 Å². The van der Waals surface area contributed by atoms with Gasteiger partial charge in [0.2, 0.25) is 0 Å². The molecule has 2 unspecified atom stereocenters. The Morgan fingerprint density at radius 2 is 2.11 bits per heavy atom. The van der Waals surface area contributed by atoms with E-state index in [0.717, 1.165) is 0 Å². The Bertz CT molecular complexity index is 371. The van der Waals surface area contributed by atoms with Crippen LogP contribution in [0.2, 0.25) is 0 Å². The number of benzene rings is 1. The second-order valence-electron chi connectivity index (χ2n) is 4.10. The normalized spacial score (nSPS) is 14.3. The lowest BCUT2D eigenvalue weighted by atomic mass is 10.1. The van der Waals surface area contributed by atoms with Crippen LogP contribution in [-0.2, 0) is 4.74 Å². The van der Waals surface area contributed by atoms with Gasteiger partial charge in [0, 0.05) is 18.2 Å². The van der Waals surface area contributed by atoms with Crippen molar-refractivity contribution in [1.29, 1.82) is 0 Å². The average molecular weight is 257 g/mol. The lowest BCUT2D eigenvalue weighted by Crippen LogP contribution is -2.24. The molecule has 5 heteroatoms. The van der Waals surface area contributed by atoms with Crippen molar-refractivity contribution >= 4 is 0 Å². The van der Waals surface area contributed by atoms with Crippen LogP contribution in [0.3, 0.4) is 0 Å². The fourth-order valence-electron chi connectivity index (χ4n) is 1.49. The molecule has 0 bridgehead atoms. The van der Waals surface area contributed by atoms with Gasteiger partial charge >= 0.3 is 0 Å². The Kier molecular flexibility index (Phi) is 6.04. The van der Waals surface area contributed by atoms with Crippen LogP contribution in [0.5, 0.6) is 5.75 Å². The third kappa shape index (κ3) is 4.60. The van der Waals surface area contributed by atoms with Crippen molar-refractivity contribution in [2.24, 2.45) is 5.73 Å². The molecule has 2 atom stereocenters. The monoisotopic (exact) mass is 257 g/mol. The molecule has 0 fully saturated rings. The van der Waals surface area contributed by atoms with E-state index in [4.69, 9.17) is 15.2 Å². The van der Waals surface area contributed by atoms with E-state index in [-0.39, 0.29) is 25.1 Å². The maximum absolute atomic E-state index is 13.1. The van der Waals surface area contributed by atoms with Gasteiger partial charge in [0.05, 0.1) is 6.61 Å². The Balaban J connectivity index is 2.61. The van der Waals surface area contributed by atoms with Gasteiger partial charge < -0.3 is 20.3 Å². The summed E-state index contributed by atoms with van der Waals surface area (Å²) in [6.07, 6.45) is -0.712. The Morgan fingerprint density at radius 1 is 1.39 bits per heavy atom. The fraction of sp³-hybridized carbons (Fsp3) is 0.538. The molecular formula is C13H20FNO3. The van der Waals surface area contributed by atoms with Crippen molar-refractivity contribution in [3.8, 4) is 5.75 Å². The average Bonchev–Trinajstić information content (AvgIpc) is 2.34. The van der Waals surface area contributed by atoms with E-state index in [2.05, 4.69) is 0 Å². The molecule has 0 aromatic heterocycles. The van der Waals surface area contributed by atoms with Gasteiger partial charge in [0.1, 0.15) is 24.3 Å². The SMILES string of the molecule is CCOCC(O)COc1ccc(F)cc1C(C)N. The van der Waals surface area contributed by atoms with E-state index >= 15 is 0 Å². The number of hydrogen-bond acceptors (Lipinski definition) is 4. The minimum Gasteiger partial charge on any atom is -0.490 e. The first-order chi connectivity index (χ1) is 8.54. The standard InChI is InChI=1S/C13H20FNO3/c1-3-17-7-11(16)8-18-13-5-4-10(14)6-12(13)9(2)15/h4-6,9,11,16H,3,7-8,15H2,1-2H3. The third-order valence-electron chi connectivity index (χ3n) is 2.41. The maximum Gasteiger partial charge on any atom is 0.124 e. The van der Waals surface area contributed by atoms with Gasteiger partial charge in [0.25, 0.3) is 0 Å². The molecule has 0 aliphatic rings. The summed E-state index contributed by atoms with van der Waals surface area (Å²) in [5.74, 6) is 0.131. The van der Waals surface area contributed by atoms with Crippen molar-refractivity contribution < 1.29 is 19.0 Å². The number of halogens is 1. The first kappa shape index (κ1) is 14.9. The summed E-state index contributed by atoms with van der Waals surface area (Å²) >= 11 is 0. The zero-order chi connectivity index (χ0) is 13.5. The summed E-state index contributed by atoms with van der Waals surface area (Å²) in [6, 6.07) is 3.83. The fourth-order valence-corrected chi connectivity index (χ4v) is 1.49. The van der Waals surface area contributed by atoms with E-state index < -0.39 is 6.10 Å². The van der Waals surface area contributed by atoms with Gasteiger partial charge in [-0.3, -0.25) is 0 Å². The van der Waals surface area contributed by atoms with Crippen molar-refractivity contribution in [3.05, 3.63) is 29.6 Å². The number of nitrogens with two attached hydrogens (primary N) is 1. The van der Waals surface area contributed by atoms with E-state index in [9.17, 15) is 9.50 Å². The molecule has 1 rings (SSSR count). The molecule has 4 nitrogen and oxygen atoms in total. The van der Waals surface area contributed by atoms with Crippen LogP contribution in [0.25, 0.3) is 0 Å². The highest BCUT2D eigenvalue weighted by Gasteiger charge is 2.11. The topological polar surface area (TPSA) is 64.7 Å². The van der Waals surface area contributed by atoms with E-state index in [1.54, 1.807) is 6.92 Å². The molecule has 0 radical (unpaired) electrons. The second-order valence-corrected chi connectivity index (χ2v) is 4.10. The molecule has 0 aliphatic heterocycles. The number of aliphatic hydroxyl groups excluding tert-OH is 1. The molecule has 3 N–H and O–H groups in total. The minimum absolute atomic E-state index is 0.0886. The molecular weight excluding hydrogens is 237 g/mol. The van der Waals surface area contributed by atoms with E-state index in [0.29, 0.717) is 17.9 Å². The summed E-state index contributed by atoms with van der Waals surface area (Å²) in [5.41, 5.74) is 6.32. The van der Waals surface area contributed by atoms with Gasteiger partial charge in [-0.25, -0.2) is 4.39 Å². The van der Waals surface area contributed by atoms with Crippen molar-refractivity contribution in [2.45, 2.75) is 26.0 Å². The first-order valence-corrected chi connectivity index (χ1v) is 5.98. The highest BCUT2D eigenvalue weighted by atomic mass is 19.1. The van der Waals surface area contributed by atoms with Crippen LogP contribution in [0.4, 0.5) is 4.39 Å². The highest BCUT2D eigenvalue weighted by Crippen LogP contribution is 2.24. The number of rotatable bonds is 7. The molecule has 0 saturated carbocycles. The largest absolute Gasteiger partial charge is 0.490 e. The van der Waals surface area contributed by atoms with Crippen molar-refractivity contribution in [1.82, 2.24) is 0 Å². The quantitative estimate of drug-likeness (QED) is 0.779. The number of hydrogen-bond donors (Lipinski definition) is 2. The van der Waals surface area contributed by atoms with Crippen LogP contribution in [0.15, 0.2) is 18.2 Å². The summed E-state index contributed by atoms with van der Waals surface area (Å²) in [7, 11) is 0. The molecule has 0 heterocycles. The van der Waals surface area contributed by atoms with Gasteiger partial charge in [-0.15, -0.1) is 0 Å². The Hall–Kier alpha value is -1.17. The molecule has 1 aromatic carbocycles. The van der Waals surface area contributed by atoms with Crippen molar-refractivity contribution in [3.63, 3.8) is 0 Å². The Morgan fingerprint density at radius 3 is 2.72 bits per heavy atom. The lowest BCUT2D eigenvalue weighted by Gasteiger charge is -2.16. The first-order valence-electron chi connectivity index (χ1n) is 5.98. The summed E-state index contributed by atoms with van der Waals surface area (Å²) in [4.78, 5) is 0. The number of ether oxygens (including phenoxy) is 2. The molecule has 0 saturated heterocycles. The molecule has 1 aromatic rings. The predicted octanol–water partition coefficient (Wildman–Crippen LogP) is 1.62. The van der Waals surface area contributed by atoms with Crippen molar-refractivity contribution in [2.75, 3.05) is 19.8 Å². The Labute approximate surface area is 107 Å². The smallest absolute Gasteiger partial charge is 0.124 e. The third-order valence-corrected chi connectivity index (χ3v) is 2.41. The molecule has 0 aliphatic carbocycles. The van der Waals surface area contributed by atoms with Crippen LogP contribution in [0, 0.1) is 5.82 Å². The maximum atomic E-state index is 13.1. The van der Waals surface area contributed by atoms with Gasteiger partial charge in [-0.2, -0.15) is 0 Å². The molecule has 0 amide bonds. The summed E-state index contributed by atoms with van der Waals surface area (Å²) in [6.45, 7) is 4.44.